The predicted octanol–water partition coefficient (Wildman–Crippen LogP) is 6.47. The van der Waals surface area contributed by atoms with Crippen LogP contribution >= 0.6 is 0 Å². The zero-order valence-electron chi connectivity index (χ0n) is 24.1. The van der Waals surface area contributed by atoms with Crippen LogP contribution in [0.3, 0.4) is 0 Å². The Hall–Kier alpha value is -3.51. The second-order valence-corrected chi connectivity index (χ2v) is 11.4. The first-order valence-electron chi connectivity index (χ1n) is 14.7. The van der Waals surface area contributed by atoms with Crippen LogP contribution in [0.2, 0.25) is 0 Å². The number of hydrogen-bond acceptors (Lipinski definition) is 6. The molecule has 6 nitrogen and oxygen atoms in total. The first-order valence-corrected chi connectivity index (χ1v) is 14.7. The molecular formula is C32H38F3N5O. The average molecular weight is 566 g/mol. The molecule has 1 aliphatic carbocycles. The lowest BCUT2D eigenvalue weighted by Gasteiger charge is -2.35. The van der Waals surface area contributed by atoms with Crippen LogP contribution in [0.15, 0.2) is 40.6 Å². The second kappa shape index (κ2) is 12.6. The molecule has 2 unspecified atom stereocenters. The van der Waals surface area contributed by atoms with E-state index in [9.17, 15) is 5.26 Å². The monoisotopic (exact) mass is 565 g/mol. The number of anilines is 2. The largest absolute Gasteiger partial charge is 0.457 e. The highest BCUT2D eigenvalue weighted by molar-refractivity contribution is 6.11. The summed E-state index contributed by atoms with van der Waals surface area (Å²) >= 11 is 0. The molecule has 3 aliphatic rings. The Morgan fingerprint density at radius 2 is 1.83 bits per heavy atom. The average Bonchev–Trinajstić information content (AvgIpc) is 2.96. The van der Waals surface area contributed by atoms with Crippen molar-refractivity contribution in [3.05, 3.63) is 64.2 Å². The van der Waals surface area contributed by atoms with Crippen molar-refractivity contribution in [2.24, 2.45) is 16.8 Å². The van der Waals surface area contributed by atoms with Gasteiger partial charge in [-0.3, -0.25) is 4.99 Å². The van der Waals surface area contributed by atoms with Gasteiger partial charge in [-0.25, -0.2) is 13.2 Å². The number of amidine groups is 1. The quantitative estimate of drug-likeness (QED) is 0.450. The molecule has 0 bridgehead atoms. The van der Waals surface area contributed by atoms with E-state index in [1.165, 1.54) is 6.07 Å². The molecular weight excluding hydrogens is 527 g/mol. The zero-order valence-corrected chi connectivity index (χ0v) is 24.1. The summed E-state index contributed by atoms with van der Waals surface area (Å²) in [5.41, 5.74) is 1.85. The van der Waals surface area contributed by atoms with Crippen LogP contribution in [-0.2, 0) is 12.8 Å². The van der Waals surface area contributed by atoms with Crippen molar-refractivity contribution >= 4 is 17.2 Å². The normalized spacial score (nSPS) is 24.9. The first-order chi connectivity index (χ1) is 19.8. The maximum atomic E-state index is 15.6. The smallest absolute Gasteiger partial charge is 0.169 e. The van der Waals surface area contributed by atoms with Gasteiger partial charge in [0.15, 0.2) is 11.6 Å². The van der Waals surface area contributed by atoms with Crippen molar-refractivity contribution in [3.8, 4) is 11.8 Å². The highest BCUT2D eigenvalue weighted by Gasteiger charge is 2.29. The van der Waals surface area contributed by atoms with Gasteiger partial charge in [0.1, 0.15) is 34.9 Å². The zero-order chi connectivity index (χ0) is 29.1. The molecule has 1 N–H and O–H groups in total. The molecule has 2 aromatic carbocycles. The van der Waals surface area contributed by atoms with E-state index >= 15 is 13.2 Å². The summed E-state index contributed by atoms with van der Waals surface area (Å²) in [7, 11) is 0. The van der Waals surface area contributed by atoms with Gasteiger partial charge >= 0.3 is 0 Å². The lowest BCUT2D eigenvalue weighted by atomic mass is 9.84. The van der Waals surface area contributed by atoms with Gasteiger partial charge in [0.2, 0.25) is 0 Å². The maximum Gasteiger partial charge on any atom is 0.169 e. The molecule has 0 saturated carbocycles. The summed E-state index contributed by atoms with van der Waals surface area (Å²) in [6.45, 7) is 10.8. The number of nitrogens with zero attached hydrogens (tertiary/aromatic N) is 4. The van der Waals surface area contributed by atoms with Crippen molar-refractivity contribution in [2.45, 2.75) is 52.9 Å². The summed E-state index contributed by atoms with van der Waals surface area (Å²) in [4.78, 5) is 8.95. The number of hydrogen-bond donors (Lipinski definition) is 1. The Morgan fingerprint density at radius 3 is 2.54 bits per heavy atom. The lowest BCUT2D eigenvalue weighted by Crippen LogP contribution is -2.46. The molecule has 41 heavy (non-hydrogen) atoms. The number of piperazine rings is 1. The number of ether oxygens (including phenoxy) is 1. The topological polar surface area (TPSA) is 63.9 Å². The minimum Gasteiger partial charge on any atom is -0.457 e. The molecule has 218 valence electrons. The van der Waals surface area contributed by atoms with E-state index in [2.05, 4.69) is 28.2 Å². The van der Waals surface area contributed by atoms with Gasteiger partial charge in [-0.05, 0) is 73.9 Å². The number of fused-ring (bicyclic) bond motifs is 1. The fourth-order valence-electron chi connectivity index (χ4n) is 6.01. The second-order valence-electron chi connectivity index (χ2n) is 11.4. The molecule has 1 fully saturated rings. The van der Waals surface area contributed by atoms with Gasteiger partial charge in [-0.2, -0.15) is 5.26 Å². The van der Waals surface area contributed by atoms with Crippen molar-refractivity contribution < 1.29 is 17.9 Å². The van der Waals surface area contributed by atoms with Crippen molar-refractivity contribution in [1.82, 2.24) is 4.90 Å². The van der Waals surface area contributed by atoms with E-state index in [1.54, 1.807) is 12.1 Å². The van der Waals surface area contributed by atoms with Crippen LogP contribution in [0.4, 0.5) is 24.5 Å². The van der Waals surface area contributed by atoms with Crippen molar-refractivity contribution in [2.75, 3.05) is 49.5 Å². The standard InChI is InChI=1S/C32H38F3N5O/c1-4-39-12-14-40(15-13-39)28-10-8-22(17-27(28)34)38-32-25(19-36)31(21(3)6-5-11-37-32)41-29-18-26(33)23-9-7-20(2)16-24(23)30(29)35/h8,10,17-18,20-21H,4-7,9,11-16H2,1-3H3,(H,37,38)/b31-25+. The Labute approximate surface area is 240 Å². The highest BCUT2D eigenvalue weighted by Crippen LogP contribution is 2.37. The Kier molecular flexibility index (Phi) is 8.88. The van der Waals surface area contributed by atoms with E-state index in [4.69, 9.17) is 4.74 Å². The molecule has 1 saturated heterocycles. The fraction of sp³-hybridized carbons (Fsp3) is 0.500. The SMILES string of the molecule is CCN1CCN(c2ccc(NC3=N/CCCC(C)/C(Oc4cc(F)c5c(c4F)CC(C)CC5)=C\3C#N)cc2F)CC1. The van der Waals surface area contributed by atoms with E-state index in [1.807, 2.05) is 18.7 Å². The van der Waals surface area contributed by atoms with Crippen LogP contribution in [0.25, 0.3) is 0 Å². The van der Waals surface area contributed by atoms with Crippen molar-refractivity contribution in [1.29, 1.82) is 5.26 Å². The molecule has 2 atom stereocenters. The van der Waals surface area contributed by atoms with E-state index < -0.39 is 11.6 Å². The number of halogens is 3. The van der Waals surface area contributed by atoms with E-state index in [0.717, 1.165) is 45.2 Å². The van der Waals surface area contributed by atoms with Crippen LogP contribution in [0, 0.1) is 40.6 Å². The Balaban J connectivity index is 1.43. The van der Waals surface area contributed by atoms with E-state index in [-0.39, 0.29) is 40.6 Å². The van der Waals surface area contributed by atoms with E-state index in [0.29, 0.717) is 54.7 Å². The number of rotatable bonds is 5. The summed E-state index contributed by atoms with van der Waals surface area (Å²) < 4.78 is 52.0. The maximum absolute atomic E-state index is 15.6. The molecule has 0 amide bonds. The van der Waals surface area contributed by atoms with Crippen LogP contribution in [0.5, 0.6) is 5.75 Å². The number of benzene rings is 2. The number of allylic oxidation sites excluding steroid dienone is 1. The number of aliphatic imine (C=N–C) groups is 1. The van der Waals surface area contributed by atoms with Crippen LogP contribution in [-0.4, -0.2) is 50.0 Å². The molecule has 0 radical (unpaired) electrons. The van der Waals surface area contributed by atoms with Gasteiger partial charge in [0, 0.05) is 50.4 Å². The molecule has 2 heterocycles. The molecule has 0 spiro atoms. The first kappa shape index (κ1) is 29.0. The third-order valence-electron chi connectivity index (χ3n) is 8.53. The third-order valence-corrected chi connectivity index (χ3v) is 8.53. The summed E-state index contributed by atoms with van der Waals surface area (Å²) in [6, 6.07) is 8.18. The summed E-state index contributed by atoms with van der Waals surface area (Å²) in [5, 5.41) is 13.3. The number of likely N-dealkylation sites (N-methyl/N-ethyl adjacent to an activating group) is 1. The van der Waals surface area contributed by atoms with Gasteiger partial charge < -0.3 is 19.9 Å². The molecule has 5 rings (SSSR count). The summed E-state index contributed by atoms with van der Waals surface area (Å²) in [6.07, 6.45) is 3.13. The fourth-order valence-corrected chi connectivity index (χ4v) is 6.01. The minimum absolute atomic E-state index is 0.100. The number of nitriles is 1. The Bertz CT molecular complexity index is 1390. The molecule has 2 aromatic rings. The predicted molar refractivity (Wildman–Crippen MR) is 156 cm³/mol. The van der Waals surface area contributed by atoms with Crippen LogP contribution < -0.4 is 15.0 Å². The summed E-state index contributed by atoms with van der Waals surface area (Å²) in [5.74, 6) is -1.18. The van der Waals surface area contributed by atoms with Crippen LogP contribution in [0.1, 0.15) is 51.2 Å². The lowest BCUT2D eigenvalue weighted by molar-refractivity contribution is 0.270. The van der Waals surface area contributed by atoms with Gasteiger partial charge in [0.25, 0.3) is 0 Å². The third kappa shape index (κ3) is 6.23. The molecule has 2 aliphatic heterocycles. The van der Waals surface area contributed by atoms with Gasteiger partial charge in [-0.15, -0.1) is 0 Å². The Morgan fingerprint density at radius 1 is 1.05 bits per heavy atom. The molecule has 9 heteroatoms. The minimum atomic E-state index is -0.573. The van der Waals surface area contributed by atoms with Crippen molar-refractivity contribution in [3.63, 3.8) is 0 Å². The van der Waals surface area contributed by atoms with Gasteiger partial charge in [0.05, 0.1) is 5.69 Å². The number of nitrogens with one attached hydrogen (secondary N) is 1. The van der Waals surface area contributed by atoms with Gasteiger partial charge in [-0.1, -0.05) is 20.8 Å². The molecule has 0 aromatic heterocycles. The highest BCUT2D eigenvalue weighted by atomic mass is 19.1.